The van der Waals surface area contributed by atoms with Crippen LogP contribution in [-0.4, -0.2) is 48.3 Å². The third kappa shape index (κ3) is 2.65. The molecule has 0 aromatic heterocycles. The number of rotatable bonds is 2. The maximum atomic E-state index is 12.4. The molecule has 3 N–H and O–H groups in total. The van der Waals surface area contributed by atoms with Gasteiger partial charge in [0.2, 0.25) is 0 Å². The molecule has 1 aliphatic heterocycles. The predicted molar refractivity (Wildman–Crippen MR) is 50.8 cm³/mol. The SMILES string of the molecule is CN1CCC(CC(F)(F)F)(C(=O)O)C(N)C1. The van der Waals surface area contributed by atoms with Crippen molar-refractivity contribution in [2.45, 2.75) is 25.1 Å². The van der Waals surface area contributed by atoms with Crippen molar-refractivity contribution in [2.75, 3.05) is 20.1 Å². The van der Waals surface area contributed by atoms with E-state index in [0.717, 1.165) is 0 Å². The first kappa shape index (κ1) is 13.2. The molecule has 1 heterocycles. The molecule has 0 amide bonds. The van der Waals surface area contributed by atoms with E-state index >= 15 is 0 Å². The number of nitrogens with two attached hydrogens (primary N) is 1. The summed E-state index contributed by atoms with van der Waals surface area (Å²) in [6, 6.07) is -0.995. The molecule has 1 saturated heterocycles. The average Bonchev–Trinajstić information content (AvgIpc) is 2.07. The van der Waals surface area contributed by atoms with Gasteiger partial charge in [-0.1, -0.05) is 0 Å². The monoisotopic (exact) mass is 240 g/mol. The fourth-order valence-corrected chi connectivity index (χ4v) is 2.10. The van der Waals surface area contributed by atoms with Crippen LogP contribution in [0.2, 0.25) is 0 Å². The Morgan fingerprint density at radius 3 is 2.56 bits per heavy atom. The van der Waals surface area contributed by atoms with E-state index in [4.69, 9.17) is 10.8 Å². The Labute approximate surface area is 91.2 Å². The van der Waals surface area contributed by atoms with E-state index in [1.807, 2.05) is 0 Å². The molecule has 2 atom stereocenters. The third-order valence-corrected chi connectivity index (χ3v) is 3.10. The first-order valence-electron chi connectivity index (χ1n) is 4.92. The lowest BCUT2D eigenvalue weighted by atomic mass is 9.72. The van der Waals surface area contributed by atoms with Crippen LogP contribution in [0.25, 0.3) is 0 Å². The summed E-state index contributed by atoms with van der Waals surface area (Å²) in [5.74, 6) is -1.45. The lowest BCUT2D eigenvalue weighted by Crippen LogP contribution is -2.59. The summed E-state index contributed by atoms with van der Waals surface area (Å²) in [6.07, 6.45) is -5.93. The van der Waals surface area contributed by atoms with Gasteiger partial charge in [0, 0.05) is 12.6 Å². The van der Waals surface area contributed by atoms with Crippen molar-refractivity contribution in [1.82, 2.24) is 4.90 Å². The van der Waals surface area contributed by atoms with E-state index in [0.29, 0.717) is 6.54 Å². The summed E-state index contributed by atoms with van der Waals surface area (Å²) >= 11 is 0. The van der Waals surface area contributed by atoms with Crippen LogP contribution in [0.15, 0.2) is 0 Å². The van der Waals surface area contributed by atoms with Gasteiger partial charge in [0.25, 0.3) is 0 Å². The number of nitrogens with zero attached hydrogens (tertiary/aromatic N) is 1. The van der Waals surface area contributed by atoms with E-state index in [1.165, 1.54) is 0 Å². The highest BCUT2D eigenvalue weighted by molar-refractivity contribution is 5.76. The minimum atomic E-state index is -4.51. The molecule has 0 aromatic carbocycles. The van der Waals surface area contributed by atoms with Gasteiger partial charge in [0.05, 0.1) is 11.8 Å². The lowest BCUT2D eigenvalue weighted by molar-refractivity contribution is -0.186. The van der Waals surface area contributed by atoms with Gasteiger partial charge in [-0.15, -0.1) is 0 Å². The number of piperidine rings is 1. The van der Waals surface area contributed by atoms with Gasteiger partial charge < -0.3 is 15.7 Å². The number of alkyl halides is 3. The van der Waals surface area contributed by atoms with E-state index in [2.05, 4.69) is 0 Å². The molecule has 1 rings (SSSR count). The first-order valence-corrected chi connectivity index (χ1v) is 4.92. The molecule has 0 spiro atoms. The van der Waals surface area contributed by atoms with E-state index in [-0.39, 0.29) is 13.0 Å². The summed E-state index contributed by atoms with van der Waals surface area (Å²) < 4.78 is 37.2. The van der Waals surface area contributed by atoms with Crippen molar-refractivity contribution in [2.24, 2.45) is 11.1 Å². The largest absolute Gasteiger partial charge is 0.481 e. The number of likely N-dealkylation sites (tertiary alicyclic amines) is 1. The molecular formula is C9H15F3N2O2. The zero-order chi connectivity index (χ0) is 12.6. The van der Waals surface area contributed by atoms with Gasteiger partial charge in [-0.05, 0) is 20.0 Å². The van der Waals surface area contributed by atoms with Crippen LogP contribution in [0.4, 0.5) is 13.2 Å². The highest BCUT2D eigenvalue weighted by Gasteiger charge is 2.53. The van der Waals surface area contributed by atoms with E-state index < -0.39 is 30.0 Å². The molecule has 0 aromatic rings. The first-order chi connectivity index (χ1) is 7.17. The Bertz CT molecular complexity index is 282. The lowest BCUT2D eigenvalue weighted by Gasteiger charge is -2.42. The Kier molecular flexibility index (Phi) is 3.49. The van der Waals surface area contributed by atoms with Crippen molar-refractivity contribution in [3.05, 3.63) is 0 Å². The van der Waals surface area contributed by atoms with Crippen LogP contribution >= 0.6 is 0 Å². The Morgan fingerprint density at radius 1 is 1.62 bits per heavy atom. The maximum absolute atomic E-state index is 12.4. The molecule has 7 heteroatoms. The Morgan fingerprint density at radius 2 is 2.19 bits per heavy atom. The zero-order valence-electron chi connectivity index (χ0n) is 8.92. The molecule has 0 aliphatic carbocycles. The molecule has 1 aliphatic rings. The smallest absolute Gasteiger partial charge is 0.390 e. The van der Waals surface area contributed by atoms with Crippen LogP contribution in [-0.2, 0) is 4.79 Å². The van der Waals surface area contributed by atoms with Crippen LogP contribution in [0, 0.1) is 5.41 Å². The van der Waals surface area contributed by atoms with Gasteiger partial charge in [0.1, 0.15) is 0 Å². The molecule has 1 fully saturated rings. The van der Waals surface area contributed by atoms with Crippen molar-refractivity contribution in [3.8, 4) is 0 Å². The van der Waals surface area contributed by atoms with Gasteiger partial charge in [0.15, 0.2) is 0 Å². The third-order valence-electron chi connectivity index (χ3n) is 3.10. The number of aliphatic carboxylic acids is 1. The summed E-state index contributed by atoms with van der Waals surface area (Å²) in [6.45, 7) is 0.485. The molecular weight excluding hydrogens is 225 g/mol. The fraction of sp³-hybridized carbons (Fsp3) is 0.889. The van der Waals surface area contributed by atoms with Crippen molar-refractivity contribution >= 4 is 5.97 Å². The minimum Gasteiger partial charge on any atom is -0.481 e. The molecule has 94 valence electrons. The van der Waals surface area contributed by atoms with Crippen LogP contribution in [0.5, 0.6) is 0 Å². The average molecular weight is 240 g/mol. The summed E-state index contributed by atoms with van der Waals surface area (Å²) in [4.78, 5) is 12.8. The van der Waals surface area contributed by atoms with E-state index in [9.17, 15) is 18.0 Å². The molecule has 16 heavy (non-hydrogen) atoms. The van der Waals surface area contributed by atoms with Crippen molar-refractivity contribution in [1.29, 1.82) is 0 Å². The van der Waals surface area contributed by atoms with Gasteiger partial charge >= 0.3 is 12.1 Å². The quantitative estimate of drug-likeness (QED) is 0.744. The standard InChI is InChI=1S/C9H15F3N2O2/c1-14-3-2-8(7(15)16,6(13)4-14)5-9(10,11)12/h6H,2-5,13H2,1H3,(H,15,16). The number of likely N-dealkylation sites (N-methyl/N-ethyl adjacent to an activating group) is 1. The topological polar surface area (TPSA) is 66.6 Å². The highest BCUT2D eigenvalue weighted by atomic mass is 19.4. The molecule has 2 unspecified atom stereocenters. The molecule has 0 bridgehead atoms. The number of carboxylic acids is 1. The minimum absolute atomic E-state index is 0.0699. The number of hydrogen-bond acceptors (Lipinski definition) is 3. The number of carbonyl (C=O) groups is 1. The Balaban J connectivity index is 2.93. The number of carboxylic acid groups (broad SMARTS) is 1. The Hall–Kier alpha value is -0.820. The van der Waals surface area contributed by atoms with Gasteiger partial charge in [-0.2, -0.15) is 13.2 Å². The number of halogens is 3. The van der Waals surface area contributed by atoms with Crippen LogP contribution in [0.1, 0.15) is 12.8 Å². The molecule has 4 nitrogen and oxygen atoms in total. The van der Waals surface area contributed by atoms with Crippen LogP contribution in [0.3, 0.4) is 0 Å². The summed E-state index contributed by atoms with van der Waals surface area (Å²) in [7, 11) is 1.71. The highest BCUT2D eigenvalue weighted by Crippen LogP contribution is 2.41. The summed E-state index contributed by atoms with van der Waals surface area (Å²) in [5.41, 5.74) is 3.72. The van der Waals surface area contributed by atoms with Gasteiger partial charge in [-0.25, -0.2) is 0 Å². The summed E-state index contributed by atoms with van der Waals surface area (Å²) in [5, 5.41) is 9.01. The maximum Gasteiger partial charge on any atom is 0.390 e. The van der Waals surface area contributed by atoms with E-state index in [1.54, 1.807) is 11.9 Å². The second-order valence-corrected chi connectivity index (χ2v) is 4.37. The second-order valence-electron chi connectivity index (χ2n) is 4.37. The molecule has 0 saturated carbocycles. The fourth-order valence-electron chi connectivity index (χ4n) is 2.10. The molecule has 0 radical (unpaired) electrons. The number of hydrogen-bond donors (Lipinski definition) is 2. The van der Waals surface area contributed by atoms with Crippen molar-refractivity contribution in [3.63, 3.8) is 0 Å². The van der Waals surface area contributed by atoms with Crippen LogP contribution < -0.4 is 5.73 Å². The normalized spacial score (nSPS) is 32.7. The van der Waals surface area contributed by atoms with Gasteiger partial charge in [-0.3, -0.25) is 4.79 Å². The van der Waals surface area contributed by atoms with Crippen molar-refractivity contribution < 1.29 is 23.1 Å². The zero-order valence-corrected chi connectivity index (χ0v) is 8.92. The predicted octanol–water partition coefficient (Wildman–Crippen LogP) is 0.673. The second kappa shape index (κ2) is 4.21.